The molecule has 16 heavy (non-hydrogen) atoms. The lowest BCUT2D eigenvalue weighted by Crippen LogP contribution is -2.20. The number of amides is 2. The molecule has 0 saturated carbocycles. The molecule has 1 aromatic rings. The second-order valence-electron chi connectivity index (χ2n) is 3.43. The van der Waals surface area contributed by atoms with E-state index in [0.717, 1.165) is 0 Å². The summed E-state index contributed by atoms with van der Waals surface area (Å²) in [6.45, 7) is 3.53. The third kappa shape index (κ3) is 3.56. The number of aromatic nitrogens is 1. The van der Waals surface area contributed by atoms with Gasteiger partial charge in [-0.15, -0.1) is 0 Å². The van der Waals surface area contributed by atoms with Crippen LogP contribution in [0.2, 0.25) is 0 Å². The molecule has 2 amide bonds. The van der Waals surface area contributed by atoms with Crippen molar-refractivity contribution in [1.82, 2.24) is 4.98 Å². The molecule has 0 atom stereocenters. The molecule has 0 aromatic carbocycles. The SMILES string of the molecule is CC(C)C(=O)Nc1cccc(OC(N)=O)n1. The number of nitrogens with one attached hydrogen (secondary N) is 1. The Hall–Kier alpha value is -2.11. The van der Waals surface area contributed by atoms with Crippen LogP contribution in [-0.4, -0.2) is 17.0 Å². The summed E-state index contributed by atoms with van der Waals surface area (Å²) >= 11 is 0. The number of carbonyl (C=O) groups excluding carboxylic acids is 2. The number of pyridine rings is 1. The van der Waals surface area contributed by atoms with Crippen LogP contribution in [0, 0.1) is 5.92 Å². The molecule has 6 heteroatoms. The Labute approximate surface area is 92.8 Å². The highest BCUT2D eigenvalue weighted by Crippen LogP contribution is 2.12. The van der Waals surface area contributed by atoms with Crippen LogP contribution in [0.4, 0.5) is 10.6 Å². The largest absolute Gasteiger partial charge is 0.411 e. The Morgan fingerprint density at radius 2 is 2.12 bits per heavy atom. The van der Waals surface area contributed by atoms with Crippen molar-refractivity contribution in [2.75, 3.05) is 5.32 Å². The van der Waals surface area contributed by atoms with Crippen molar-refractivity contribution in [3.05, 3.63) is 18.2 Å². The lowest BCUT2D eigenvalue weighted by molar-refractivity contribution is -0.118. The van der Waals surface area contributed by atoms with Crippen LogP contribution in [0.15, 0.2) is 18.2 Å². The van der Waals surface area contributed by atoms with E-state index in [9.17, 15) is 9.59 Å². The molecule has 0 unspecified atom stereocenters. The Morgan fingerprint density at radius 3 is 2.69 bits per heavy atom. The normalized spacial score (nSPS) is 9.94. The number of nitrogens with two attached hydrogens (primary N) is 1. The van der Waals surface area contributed by atoms with E-state index in [4.69, 9.17) is 5.73 Å². The predicted octanol–water partition coefficient (Wildman–Crippen LogP) is 1.13. The molecule has 0 saturated heterocycles. The van der Waals surface area contributed by atoms with Crippen molar-refractivity contribution < 1.29 is 14.3 Å². The zero-order valence-electron chi connectivity index (χ0n) is 9.06. The van der Waals surface area contributed by atoms with E-state index in [2.05, 4.69) is 15.0 Å². The summed E-state index contributed by atoms with van der Waals surface area (Å²) in [5.74, 6) is 0.0535. The van der Waals surface area contributed by atoms with E-state index in [0.29, 0.717) is 5.82 Å². The van der Waals surface area contributed by atoms with Crippen molar-refractivity contribution in [3.63, 3.8) is 0 Å². The monoisotopic (exact) mass is 223 g/mol. The second-order valence-corrected chi connectivity index (χ2v) is 3.43. The standard InChI is InChI=1S/C10H13N3O3/c1-6(2)9(14)13-7-4-3-5-8(12-7)16-10(11)15/h3-6H,1-2H3,(H2,11,15)(H,12,13,14). The summed E-state index contributed by atoms with van der Waals surface area (Å²) in [7, 11) is 0. The van der Waals surface area contributed by atoms with E-state index >= 15 is 0 Å². The first-order chi connectivity index (χ1) is 7.49. The van der Waals surface area contributed by atoms with Crippen LogP contribution in [0.1, 0.15) is 13.8 Å². The van der Waals surface area contributed by atoms with Crippen molar-refractivity contribution in [3.8, 4) is 5.88 Å². The number of carbonyl (C=O) groups is 2. The van der Waals surface area contributed by atoms with Crippen LogP contribution < -0.4 is 15.8 Å². The molecule has 1 aromatic heterocycles. The minimum absolute atomic E-state index is 0.0501. The zero-order valence-corrected chi connectivity index (χ0v) is 9.06. The number of hydrogen-bond acceptors (Lipinski definition) is 4. The molecule has 86 valence electrons. The van der Waals surface area contributed by atoms with Gasteiger partial charge in [-0.2, -0.15) is 4.98 Å². The van der Waals surface area contributed by atoms with Crippen LogP contribution >= 0.6 is 0 Å². The molecule has 0 aliphatic heterocycles. The number of ether oxygens (including phenoxy) is 1. The molecule has 1 rings (SSSR count). The van der Waals surface area contributed by atoms with Gasteiger partial charge in [-0.25, -0.2) is 4.79 Å². The van der Waals surface area contributed by atoms with Crippen molar-refractivity contribution in [2.24, 2.45) is 11.7 Å². The summed E-state index contributed by atoms with van der Waals surface area (Å²) in [5, 5.41) is 2.57. The van der Waals surface area contributed by atoms with Gasteiger partial charge in [0.15, 0.2) is 0 Å². The maximum atomic E-state index is 11.4. The van der Waals surface area contributed by atoms with E-state index < -0.39 is 6.09 Å². The molecule has 6 nitrogen and oxygen atoms in total. The van der Waals surface area contributed by atoms with Crippen LogP contribution in [0.25, 0.3) is 0 Å². The highest BCUT2D eigenvalue weighted by atomic mass is 16.6. The minimum Gasteiger partial charge on any atom is -0.391 e. The maximum absolute atomic E-state index is 11.4. The highest BCUT2D eigenvalue weighted by Gasteiger charge is 2.08. The molecule has 0 aliphatic carbocycles. The van der Waals surface area contributed by atoms with E-state index in [1.165, 1.54) is 6.07 Å². The number of nitrogens with zero attached hydrogens (tertiary/aromatic N) is 1. The average Bonchev–Trinajstić information content (AvgIpc) is 2.16. The fourth-order valence-electron chi connectivity index (χ4n) is 0.915. The summed E-state index contributed by atoms with van der Waals surface area (Å²) in [4.78, 5) is 25.7. The van der Waals surface area contributed by atoms with Gasteiger partial charge in [0.25, 0.3) is 0 Å². The molecule has 0 spiro atoms. The molecular formula is C10H13N3O3. The zero-order chi connectivity index (χ0) is 12.1. The number of anilines is 1. The van der Waals surface area contributed by atoms with Gasteiger partial charge in [-0.05, 0) is 6.07 Å². The quantitative estimate of drug-likeness (QED) is 0.803. The fraction of sp³-hybridized carbons (Fsp3) is 0.300. The summed E-state index contributed by atoms with van der Waals surface area (Å²) < 4.78 is 4.57. The van der Waals surface area contributed by atoms with Crippen LogP contribution in [0.3, 0.4) is 0 Å². The predicted molar refractivity (Wildman–Crippen MR) is 57.9 cm³/mol. The van der Waals surface area contributed by atoms with E-state index in [-0.39, 0.29) is 17.7 Å². The third-order valence-corrected chi connectivity index (χ3v) is 1.70. The van der Waals surface area contributed by atoms with Gasteiger partial charge in [0.05, 0.1) is 0 Å². The molecule has 1 heterocycles. The van der Waals surface area contributed by atoms with Crippen molar-refractivity contribution in [1.29, 1.82) is 0 Å². The first kappa shape index (κ1) is 12.0. The van der Waals surface area contributed by atoms with Crippen molar-refractivity contribution in [2.45, 2.75) is 13.8 Å². The van der Waals surface area contributed by atoms with Gasteiger partial charge in [-0.1, -0.05) is 19.9 Å². The number of hydrogen-bond donors (Lipinski definition) is 2. The summed E-state index contributed by atoms with van der Waals surface area (Å²) in [6, 6.07) is 4.66. The lowest BCUT2D eigenvalue weighted by atomic mass is 10.2. The number of rotatable bonds is 3. The highest BCUT2D eigenvalue weighted by molar-refractivity contribution is 5.91. The van der Waals surface area contributed by atoms with E-state index in [1.54, 1.807) is 26.0 Å². The van der Waals surface area contributed by atoms with Crippen molar-refractivity contribution >= 4 is 17.8 Å². The van der Waals surface area contributed by atoms with Gasteiger partial charge < -0.3 is 15.8 Å². The first-order valence-electron chi connectivity index (χ1n) is 4.74. The van der Waals surface area contributed by atoms with Gasteiger partial charge in [0.2, 0.25) is 11.8 Å². The van der Waals surface area contributed by atoms with Gasteiger partial charge in [-0.3, -0.25) is 4.79 Å². The maximum Gasteiger partial charge on any atom is 0.411 e. The van der Waals surface area contributed by atoms with E-state index in [1.807, 2.05) is 0 Å². The third-order valence-electron chi connectivity index (χ3n) is 1.70. The number of primary amides is 1. The average molecular weight is 223 g/mol. The van der Waals surface area contributed by atoms with Crippen LogP contribution in [-0.2, 0) is 4.79 Å². The Morgan fingerprint density at radius 1 is 1.44 bits per heavy atom. The van der Waals surface area contributed by atoms with Crippen LogP contribution in [0.5, 0.6) is 5.88 Å². The molecule has 3 N–H and O–H groups in total. The molecule has 0 aliphatic rings. The molecular weight excluding hydrogens is 210 g/mol. The second kappa shape index (κ2) is 5.11. The van der Waals surface area contributed by atoms with Gasteiger partial charge in [0, 0.05) is 12.0 Å². The topological polar surface area (TPSA) is 94.3 Å². The minimum atomic E-state index is -0.945. The smallest absolute Gasteiger partial charge is 0.391 e. The first-order valence-corrected chi connectivity index (χ1v) is 4.74. The van der Waals surface area contributed by atoms with Gasteiger partial charge in [0.1, 0.15) is 5.82 Å². The molecule has 0 bridgehead atoms. The summed E-state index contributed by atoms with van der Waals surface area (Å²) in [6.07, 6.45) is -0.945. The lowest BCUT2D eigenvalue weighted by Gasteiger charge is -2.07. The molecule has 0 radical (unpaired) electrons. The Kier molecular flexibility index (Phi) is 3.82. The Bertz CT molecular complexity index is 404. The van der Waals surface area contributed by atoms with Gasteiger partial charge >= 0.3 is 6.09 Å². The summed E-state index contributed by atoms with van der Waals surface area (Å²) in [5.41, 5.74) is 4.84. The Balaban J connectivity index is 2.74. The fourth-order valence-corrected chi connectivity index (χ4v) is 0.915. The molecule has 0 fully saturated rings.